The molecule has 164 valence electrons. The molecule has 4 rings (SSSR count). The number of hydrogen-bond acceptors (Lipinski definition) is 6. The number of halogens is 1. The number of benzene rings is 1. The summed E-state index contributed by atoms with van der Waals surface area (Å²) >= 11 is 6.05. The van der Waals surface area contributed by atoms with Crippen LogP contribution in [0.2, 0.25) is 5.02 Å². The molecular formula is C22H25ClN4O4. The van der Waals surface area contributed by atoms with Gasteiger partial charge in [0.1, 0.15) is 0 Å². The Labute approximate surface area is 185 Å². The van der Waals surface area contributed by atoms with Gasteiger partial charge in [0.2, 0.25) is 0 Å². The molecule has 3 heterocycles. The fourth-order valence-electron chi connectivity index (χ4n) is 3.94. The Morgan fingerprint density at radius 1 is 1.03 bits per heavy atom. The summed E-state index contributed by atoms with van der Waals surface area (Å²) < 4.78 is 0. The molecule has 2 N–H and O–H groups in total. The van der Waals surface area contributed by atoms with Crippen LogP contribution in [0.25, 0.3) is 11.3 Å². The van der Waals surface area contributed by atoms with Crippen LogP contribution in [-0.4, -0.2) is 69.5 Å². The van der Waals surface area contributed by atoms with E-state index in [0.29, 0.717) is 24.2 Å². The standard InChI is InChI=1S/C18H21ClN4.C4H4O4/c1-22-15-6-3-7-16(22)12-23(11-15)18-9-8-17(20-21-18)13-4-2-5-14(19)10-13;5-3(6)1-2-4(7)8/h2,4-5,8-10,15-16H,3,6-7,11-12H2,1H3;1-2H,(H,5,6)(H,7,8)/b;2-1+. The average molecular weight is 445 g/mol. The second-order valence-corrected chi connectivity index (χ2v) is 8.04. The number of carbonyl (C=O) groups is 2. The highest BCUT2D eigenvalue weighted by atomic mass is 35.5. The highest BCUT2D eigenvalue weighted by Crippen LogP contribution is 2.29. The molecule has 8 nitrogen and oxygen atoms in total. The van der Waals surface area contributed by atoms with Crippen molar-refractivity contribution >= 4 is 29.4 Å². The Kier molecular flexibility index (Phi) is 7.59. The van der Waals surface area contributed by atoms with Gasteiger partial charge in [0.15, 0.2) is 5.82 Å². The minimum absolute atomic E-state index is 0.558. The van der Waals surface area contributed by atoms with Gasteiger partial charge in [0, 0.05) is 47.9 Å². The number of carboxylic acid groups (broad SMARTS) is 2. The lowest BCUT2D eigenvalue weighted by molar-refractivity contribution is -0.134. The zero-order valence-electron chi connectivity index (χ0n) is 17.2. The molecule has 2 aromatic rings. The van der Waals surface area contributed by atoms with Crippen molar-refractivity contribution in [3.8, 4) is 11.3 Å². The fraction of sp³-hybridized carbons (Fsp3) is 0.364. The minimum Gasteiger partial charge on any atom is -0.478 e. The van der Waals surface area contributed by atoms with Gasteiger partial charge in [-0.25, -0.2) is 9.59 Å². The number of fused-ring (bicyclic) bond motifs is 2. The van der Waals surface area contributed by atoms with Crippen molar-refractivity contribution in [1.82, 2.24) is 15.1 Å². The van der Waals surface area contributed by atoms with Crippen molar-refractivity contribution in [3.05, 3.63) is 53.6 Å². The van der Waals surface area contributed by atoms with E-state index in [4.69, 9.17) is 21.8 Å². The summed E-state index contributed by atoms with van der Waals surface area (Å²) in [6.45, 7) is 2.11. The molecule has 2 bridgehead atoms. The van der Waals surface area contributed by atoms with Gasteiger partial charge in [0.05, 0.1) is 5.69 Å². The molecule has 0 spiro atoms. The number of piperidine rings is 1. The lowest BCUT2D eigenvalue weighted by Crippen LogP contribution is -2.59. The molecule has 2 unspecified atom stereocenters. The minimum atomic E-state index is -1.26. The predicted molar refractivity (Wildman–Crippen MR) is 118 cm³/mol. The van der Waals surface area contributed by atoms with E-state index in [1.807, 2.05) is 30.3 Å². The molecule has 1 aromatic carbocycles. The first-order valence-corrected chi connectivity index (χ1v) is 10.4. The van der Waals surface area contributed by atoms with E-state index in [1.165, 1.54) is 19.3 Å². The summed E-state index contributed by atoms with van der Waals surface area (Å²) in [5.74, 6) is -1.53. The van der Waals surface area contributed by atoms with Crippen molar-refractivity contribution in [2.45, 2.75) is 31.3 Å². The van der Waals surface area contributed by atoms with Gasteiger partial charge < -0.3 is 15.1 Å². The van der Waals surface area contributed by atoms with Crippen LogP contribution in [0.3, 0.4) is 0 Å². The first-order valence-electron chi connectivity index (χ1n) is 10.0. The molecule has 2 fully saturated rings. The third-order valence-corrected chi connectivity index (χ3v) is 5.79. The Bertz CT molecular complexity index is 921. The normalized spacial score (nSPS) is 20.8. The smallest absolute Gasteiger partial charge is 0.328 e. The number of piperazine rings is 1. The van der Waals surface area contributed by atoms with Gasteiger partial charge in [-0.3, -0.25) is 4.90 Å². The number of rotatable bonds is 4. The van der Waals surface area contributed by atoms with E-state index in [1.54, 1.807) is 0 Å². The van der Waals surface area contributed by atoms with Crippen LogP contribution in [-0.2, 0) is 9.59 Å². The van der Waals surface area contributed by atoms with Crippen LogP contribution >= 0.6 is 11.6 Å². The zero-order chi connectivity index (χ0) is 22.4. The van der Waals surface area contributed by atoms with Gasteiger partial charge >= 0.3 is 11.9 Å². The van der Waals surface area contributed by atoms with Gasteiger partial charge in [-0.15, -0.1) is 10.2 Å². The maximum atomic E-state index is 9.55. The first kappa shape index (κ1) is 22.7. The lowest BCUT2D eigenvalue weighted by Gasteiger charge is -2.48. The molecule has 0 saturated carbocycles. The molecule has 9 heteroatoms. The van der Waals surface area contributed by atoms with E-state index < -0.39 is 11.9 Å². The summed E-state index contributed by atoms with van der Waals surface area (Å²) in [5, 5.41) is 25.2. The van der Waals surface area contributed by atoms with E-state index in [2.05, 4.69) is 33.1 Å². The first-order chi connectivity index (χ1) is 14.8. The molecule has 2 atom stereocenters. The van der Waals surface area contributed by atoms with Crippen LogP contribution in [0.15, 0.2) is 48.6 Å². The Morgan fingerprint density at radius 3 is 2.19 bits per heavy atom. The van der Waals surface area contributed by atoms with E-state index in [9.17, 15) is 9.59 Å². The monoisotopic (exact) mass is 444 g/mol. The molecule has 31 heavy (non-hydrogen) atoms. The molecule has 2 aliphatic rings. The molecule has 1 aromatic heterocycles. The topological polar surface area (TPSA) is 107 Å². The van der Waals surface area contributed by atoms with Gasteiger partial charge in [0.25, 0.3) is 0 Å². The van der Waals surface area contributed by atoms with Gasteiger partial charge in [-0.1, -0.05) is 30.2 Å². The quantitative estimate of drug-likeness (QED) is 0.692. The van der Waals surface area contributed by atoms with Crippen LogP contribution < -0.4 is 4.90 Å². The summed E-state index contributed by atoms with van der Waals surface area (Å²) in [6.07, 6.45) is 5.05. The maximum Gasteiger partial charge on any atom is 0.328 e. The van der Waals surface area contributed by atoms with Crippen molar-refractivity contribution in [2.24, 2.45) is 0 Å². The molecule has 2 saturated heterocycles. The van der Waals surface area contributed by atoms with Crippen LogP contribution in [0, 0.1) is 0 Å². The number of nitrogens with zero attached hydrogens (tertiary/aromatic N) is 4. The SMILES string of the molecule is CN1C2CCCC1CN(c1ccc(-c3cccc(Cl)c3)nn1)C2.O=C(O)/C=C/C(=O)O. The number of hydrogen-bond donors (Lipinski definition) is 2. The van der Waals surface area contributed by atoms with E-state index in [-0.39, 0.29) is 0 Å². The molecule has 0 amide bonds. The van der Waals surface area contributed by atoms with Crippen molar-refractivity contribution < 1.29 is 19.8 Å². The molecule has 2 aliphatic heterocycles. The number of aromatic nitrogens is 2. The number of carboxylic acids is 2. The highest BCUT2D eigenvalue weighted by Gasteiger charge is 2.35. The van der Waals surface area contributed by atoms with E-state index in [0.717, 1.165) is 35.2 Å². The van der Waals surface area contributed by atoms with Crippen molar-refractivity contribution in [3.63, 3.8) is 0 Å². The fourth-order valence-corrected chi connectivity index (χ4v) is 4.13. The summed E-state index contributed by atoms with van der Waals surface area (Å²) in [4.78, 5) is 24.0. The Hall–Kier alpha value is -2.97. The van der Waals surface area contributed by atoms with Crippen LogP contribution in [0.1, 0.15) is 19.3 Å². The largest absolute Gasteiger partial charge is 0.478 e. The predicted octanol–water partition coefficient (Wildman–Crippen LogP) is 3.18. The Morgan fingerprint density at radius 2 is 1.68 bits per heavy atom. The van der Waals surface area contributed by atoms with Gasteiger partial charge in [-0.05, 0) is 44.2 Å². The third-order valence-electron chi connectivity index (χ3n) is 5.55. The van der Waals surface area contributed by atoms with Crippen molar-refractivity contribution in [1.29, 1.82) is 0 Å². The molecule has 0 radical (unpaired) electrons. The van der Waals surface area contributed by atoms with Crippen molar-refractivity contribution in [2.75, 3.05) is 25.0 Å². The summed E-state index contributed by atoms with van der Waals surface area (Å²) in [5.41, 5.74) is 1.87. The lowest BCUT2D eigenvalue weighted by atomic mass is 9.92. The zero-order valence-corrected chi connectivity index (χ0v) is 17.9. The number of aliphatic carboxylic acids is 2. The van der Waals surface area contributed by atoms with Gasteiger partial charge in [-0.2, -0.15) is 0 Å². The van der Waals surface area contributed by atoms with E-state index >= 15 is 0 Å². The third kappa shape index (κ3) is 6.26. The molecule has 0 aliphatic carbocycles. The summed E-state index contributed by atoms with van der Waals surface area (Å²) in [6, 6.07) is 13.2. The second-order valence-electron chi connectivity index (χ2n) is 7.61. The Balaban J connectivity index is 0.000000293. The maximum absolute atomic E-state index is 9.55. The second kappa shape index (κ2) is 10.4. The van der Waals surface area contributed by atoms with Crippen LogP contribution in [0.4, 0.5) is 5.82 Å². The average Bonchev–Trinajstić information content (AvgIpc) is 2.73. The number of likely N-dealkylation sites (N-methyl/N-ethyl adjacent to an activating group) is 1. The number of anilines is 1. The molecular weight excluding hydrogens is 420 g/mol. The summed E-state index contributed by atoms with van der Waals surface area (Å²) in [7, 11) is 2.26. The highest BCUT2D eigenvalue weighted by molar-refractivity contribution is 6.30. The van der Waals surface area contributed by atoms with Crippen LogP contribution in [0.5, 0.6) is 0 Å².